The van der Waals surface area contributed by atoms with Crippen LogP contribution in [0.5, 0.6) is 0 Å². The molecule has 1 amide bonds. The molecule has 1 fully saturated rings. The number of hydrogen-bond acceptors (Lipinski definition) is 3. The number of carbonyl (C=O) groups excluding carboxylic acids is 1. The zero-order valence-electron chi connectivity index (χ0n) is 12.4. The Hall–Kier alpha value is -1.36. The van der Waals surface area contributed by atoms with Gasteiger partial charge < -0.3 is 10.6 Å². The minimum atomic E-state index is 0.0646. The number of piperidine rings is 1. The van der Waals surface area contributed by atoms with E-state index in [0.29, 0.717) is 12.5 Å². The minimum Gasteiger partial charge on any atom is -0.354 e. The molecule has 0 bridgehead atoms. The van der Waals surface area contributed by atoms with Crippen LogP contribution in [0, 0.1) is 0 Å². The van der Waals surface area contributed by atoms with Crippen molar-refractivity contribution in [3.8, 4) is 0 Å². The van der Waals surface area contributed by atoms with Crippen molar-refractivity contribution in [3.63, 3.8) is 0 Å². The van der Waals surface area contributed by atoms with Crippen LogP contribution in [0.1, 0.15) is 50.6 Å². The number of hydrogen-bond donors (Lipinski definition) is 2. The number of unbranched alkanes of at least 4 members (excludes halogenated alkanes) is 2. The predicted octanol–water partition coefficient (Wildman–Crippen LogP) is 1.66. The highest BCUT2D eigenvalue weighted by molar-refractivity contribution is 5.75. The first kappa shape index (κ1) is 15.0. The Morgan fingerprint density at radius 1 is 1.55 bits per heavy atom. The van der Waals surface area contributed by atoms with Crippen molar-refractivity contribution in [2.24, 2.45) is 0 Å². The summed E-state index contributed by atoms with van der Waals surface area (Å²) >= 11 is 0. The summed E-state index contributed by atoms with van der Waals surface area (Å²) in [4.78, 5) is 11.9. The van der Waals surface area contributed by atoms with Gasteiger partial charge in [0, 0.05) is 30.9 Å². The highest BCUT2D eigenvalue weighted by atomic mass is 16.2. The third-order valence-corrected chi connectivity index (χ3v) is 3.86. The van der Waals surface area contributed by atoms with Gasteiger partial charge in [0.2, 0.25) is 5.91 Å². The van der Waals surface area contributed by atoms with E-state index in [1.54, 1.807) is 6.20 Å². The Labute approximate surface area is 121 Å². The van der Waals surface area contributed by atoms with Gasteiger partial charge in [0.05, 0.1) is 0 Å². The first-order valence-corrected chi connectivity index (χ1v) is 7.80. The summed E-state index contributed by atoms with van der Waals surface area (Å²) in [5.41, 5.74) is 1.18. The molecule has 0 aromatic carbocycles. The minimum absolute atomic E-state index is 0.0646. The van der Waals surface area contributed by atoms with Gasteiger partial charge in [0.15, 0.2) is 0 Å². The lowest BCUT2D eigenvalue weighted by molar-refractivity contribution is -0.121. The van der Waals surface area contributed by atoms with Gasteiger partial charge in [-0.15, -0.1) is 0 Å². The molecule has 0 radical (unpaired) electrons. The topological polar surface area (TPSA) is 59.0 Å². The van der Waals surface area contributed by atoms with E-state index in [9.17, 15) is 4.79 Å². The van der Waals surface area contributed by atoms with Gasteiger partial charge in [-0.1, -0.05) is 19.8 Å². The highest BCUT2D eigenvalue weighted by Crippen LogP contribution is 2.22. The van der Waals surface area contributed by atoms with Crippen LogP contribution in [0.15, 0.2) is 12.3 Å². The van der Waals surface area contributed by atoms with Gasteiger partial charge in [-0.2, -0.15) is 5.10 Å². The van der Waals surface area contributed by atoms with Crippen LogP contribution < -0.4 is 10.6 Å². The summed E-state index contributed by atoms with van der Waals surface area (Å²) in [5.74, 6) is 0.550. The maximum absolute atomic E-state index is 11.9. The lowest BCUT2D eigenvalue weighted by Gasteiger charge is -2.23. The largest absolute Gasteiger partial charge is 0.354 e. The van der Waals surface area contributed by atoms with Gasteiger partial charge in [-0.25, -0.2) is 0 Å². The van der Waals surface area contributed by atoms with Crippen LogP contribution in [0.2, 0.25) is 0 Å². The zero-order valence-corrected chi connectivity index (χ0v) is 12.4. The quantitative estimate of drug-likeness (QED) is 0.746. The van der Waals surface area contributed by atoms with E-state index in [1.165, 1.54) is 31.4 Å². The molecule has 5 nitrogen and oxygen atoms in total. The third-order valence-electron chi connectivity index (χ3n) is 3.86. The van der Waals surface area contributed by atoms with Crippen LogP contribution in [0.3, 0.4) is 0 Å². The van der Waals surface area contributed by atoms with E-state index >= 15 is 0 Å². The molecule has 1 aliphatic heterocycles. The van der Waals surface area contributed by atoms with Crippen LogP contribution in [0.25, 0.3) is 0 Å². The Bertz CT molecular complexity index is 410. The van der Waals surface area contributed by atoms with Gasteiger partial charge in [0.25, 0.3) is 0 Å². The van der Waals surface area contributed by atoms with Crippen molar-refractivity contribution in [2.45, 2.75) is 51.5 Å². The molecular weight excluding hydrogens is 252 g/mol. The van der Waals surface area contributed by atoms with E-state index in [4.69, 9.17) is 0 Å². The Morgan fingerprint density at radius 2 is 2.45 bits per heavy atom. The van der Waals surface area contributed by atoms with Gasteiger partial charge in [-0.05, 0) is 31.9 Å². The summed E-state index contributed by atoms with van der Waals surface area (Å²) in [7, 11) is 0. The molecule has 0 unspecified atom stereocenters. The molecule has 1 aromatic heterocycles. The summed E-state index contributed by atoms with van der Waals surface area (Å²) in [5, 5.41) is 10.7. The van der Waals surface area contributed by atoms with Crippen molar-refractivity contribution in [3.05, 3.63) is 18.0 Å². The molecule has 0 saturated carbocycles. The molecule has 5 heteroatoms. The average molecular weight is 278 g/mol. The number of carbonyl (C=O) groups is 1. The fraction of sp³-hybridized carbons (Fsp3) is 0.733. The number of aromatic nitrogens is 2. The van der Waals surface area contributed by atoms with E-state index in [2.05, 4.69) is 22.7 Å². The molecular formula is C15H26N4O. The van der Waals surface area contributed by atoms with Crippen LogP contribution >= 0.6 is 0 Å². The lowest BCUT2D eigenvalue weighted by atomic mass is 9.96. The molecule has 112 valence electrons. The Balaban J connectivity index is 1.83. The van der Waals surface area contributed by atoms with Crippen molar-refractivity contribution in [2.75, 3.05) is 19.6 Å². The predicted molar refractivity (Wildman–Crippen MR) is 79.6 cm³/mol. The standard InChI is InChI=1S/C15H26N4O/c1-2-3-4-9-17-15(20)12-19-14(7-10-18-19)13-6-5-8-16-11-13/h7,10,13,16H,2-6,8-9,11-12H2,1H3,(H,17,20)/t13-/m1/s1. The summed E-state index contributed by atoms with van der Waals surface area (Å²) in [6.45, 7) is 5.36. The number of nitrogens with zero attached hydrogens (tertiary/aromatic N) is 2. The monoisotopic (exact) mass is 278 g/mol. The second-order valence-electron chi connectivity index (χ2n) is 5.51. The van der Waals surface area contributed by atoms with Crippen molar-refractivity contribution >= 4 is 5.91 Å². The highest BCUT2D eigenvalue weighted by Gasteiger charge is 2.19. The SMILES string of the molecule is CCCCCNC(=O)Cn1nccc1[C@@H]1CCCNC1. The summed E-state index contributed by atoms with van der Waals surface area (Å²) in [6.07, 6.45) is 7.57. The van der Waals surface area contributed by atoms with E-state index in [1.807, 2.05) is 10.7 Å². The molecule has 1 atom stereocenters. The molecule has 0 spiro atoms. The maximum Gasteiger partial charge on any atom is 0.241 e. The van der Waals surface area contributed by atoms with Crippen molar-refractivity contribution in [1.82, 2.24) is 20.4 Å². The second kappa shape index (κ2) is 8.04. The Kier molecular flexibility index (Phi) is 6.05. The molecule has 20 heavy (non-hydrogen) atoms. The van der Waals surface area contributed by atoms with E-state index in [-0.39, 0.29) is 5.91 Å². The van der Waals surface area contributed by atoms with Crippen molar-refractivity contribution < 1.29 is 4.79 Å². The molecule has 2 heterocycles. The Morgan fingerprint density at radius 3 is 3.20 bits per heavy atom. The molecule has 1 aliphatic rings. The molecule has 1 saturated heterocycles. The average Bonchev–Trinajstić information content (AvgIpc) is 2.92. The van der Waals surface area contributed by atoms with Gasteiger partial charge >= 0.3 is 0 Å². The third kappa shape index (κ3) is 4.34. The first-order chi connectivity index (χ1) is 9.81. The normalized spacial score (nSPS) is 18.9. The number of rotatable bonds is 7. The van der Waals surface area contributed by atoms with Gasteiger partial charge in [0.1, 0.15) is 6.54 Å². The van der Waals surface area contributed by atoms with Crippen molar-refractivity contribution in [1.29, 1.82) is 0 Å². The van der Waals surface area contributed by atoms with E-state index in [0.717, 1.165) is 26.1 Å². The van der Waals surface area contributed by atoms with E-state index < -0.39 is 0 Å². The maximum atomic E-state index is 11.9. The molecule has 1 aromatic rings. The lowest BCUT2D eigenvalue weighted by Crippen LogP contribution is -2.32. The van der Waals surface area contributed by atoms with Crippen LogP contribution in [-0.4, -0.2) is 35.3 Å². The van der Waals surface area contributed by atoms with Crippen LogP contribution in [-0.2, 0) is 11.3 Å². The zero-order chi connectivity index (χ0) is 14.2. The molecule has 2 rings (SSSR count). The number of amides is 1. The molecule has 0 aliphatic carbocycles. The summed E-state index contributed by atoms with van der Waals surface area (Å²) in [6, 6.07) is 2.04. The first-order valence-electron chi connectivity index (χ1n) is 7.80. The van der Waals surface area contributed by atoms with Crippen LogP contribution in [0.4, 0.5) is 0 Å². The number of nitrogens with one attached hydrogen (secondary N) is 2. The summed E-state index contributed by atoms with van der Waals surface area (Å²) < 4.78 is 1.85. The van der Waals surface area contributed by atoms with Gasteiger partial charge in [-0.3, -0.25) is 9.48 Å². The fourth-order valence-electron chi connectivity index (χ4n) is 2.72. The fourth-order valence-corrected chi connectivity index (χ4v) is 2.72. The smallest absolute Gasteiger partial charge is 0.241 e. The molecule has 2 N–H and O–H groups in total. The second-order valence-corrected chi connectivity index (χ2v) is 5.51.